The fourth-order valence-corrected chi connectivity index (χ4v) is 10.2. The first-order valence-corrected chi connectivity index (χ1v) is 15.9. The van der Waals surface area contributed by atoms with Gasteiger partial charge in [0, 0.05) is 29.5 Å². The Morgan fingerprint density at radius 3 is 2.32 bits per heavy atom. The highest BCUT2D eigenvalue weighted by atomic mass is 16.2. The summed E-state index contributed by atoms with van der Waals surface area (Å²) in [6.07, 6.45) is 21.3. The molecule has 1 heterocycles. The highest BCUT2D eigenvalue weighted by Crippen LogP contribution is 2.65. The van der Waals surface area contributed by atoms with E-state index in [4.69, 9.17) is 0 Å². The van der Waals surface area contributed by atoms with Gasteiger partial charge in [-0.1, -0.05) is 58.4 Å². The number of hydrogen-bond acceptors (Lipinski definition) is 3. The van der Waals surface area contributed by atoms with Gasteiger partial charge in [-0.05, 0) is 93.5 Å². The number of carbonyl (C=O) groups is 3. The van der Waals surface area contributed by atoms with E-state index in [0.29, 0.717) is 17.8 Å². The Morgan fingerprint density at radius 2 is 1.58 bits per heavy atom. The van der Waals surface area contributed by atoms with Crippen molar-refractivity contribution in [2.75, 3.05) is 0 Å². The minimum Gasteiger partial charge on any atom is -0.349 e. The fourth-order valence-electron chi connectivity index (χ4n) is 10.2. The van der Waals surface area contributed by atoms with Crippen LogP contribution in [0, 0.1) is 34.5 Å². The lowest BCUT2D eigenvalue weighted by Crippen LogP contribution is -2.60. The summed E-state index contributed by atoms with van der Waals surface area (Å²) in [5.41, 5.74) is -0.0324. The summed E-state index contributed by atoms with van der Waals surface area (Å²) in [6.45, 7) is 4.74. The second-order valence-electron chi connectivity index (χ2n) is 14.2. The first-order valence-electron chi connectivity index (χ1n) is 15.9. The second kappa shape index (κ2) is 10.3. The van der Waals surface area contributed by atoms with Crippen molar-refractivity contribution in [2.45, 2.75) is 135 Å². The van der Waals surface area contributed by atoms with E-state index in [9.17, 15) is 14.4 Å². The van der Waals surface area contributed by atoms with Crippen LogP contribution in [0.3, 0.4) is 0 Å². The van der Waals surface area contributed by atoms with Gasteiger partial charge in [0.25, 0.3) is 0 Å². The molecular formula is C32H49N3O3. The number of carbonyl (C=O) groups excluding carboxylic acids is 3. The zero-order valence-corrected chi connectivity index (χ0v) is 23.7. The molecule has 0 saturated heterocycles. The molecule has 5 fully saturated rings. The number of rotatable bonds is 3. The predicted octanol–water partition coefficient (Wildman–Crippen LogP) is 6.10. The molecule has 6 nitrogen and oxygen atoms in total. The van der Waals surface area contributed by atoms with Crippen LogP contribution in [-0.2, 0) is 9.59 Å². The Morgan fingerprint density at radius 1 is 0.868 bits per heavy atom. The minimum atomic E-state index is -0.106. The van der Waals surface area contributed by atoms with Crippen LogP contribution in [-0.4, -0.2) is 40.9 Å². The number of hydrogen-bond donors (Lipinski definition) is 2. The molecule has 0 radical (unpaired) electrons. The van der Waals surface area contributed by atoms with Gasteiger partial charge in [0.2, 0.25) is 11.8 Å². The van der Waals surface area contributed by atoms with Gasteiger partial charge in [-0.2, -0.15) is 0 Å². The monoisotopic (exact) mass is 523 g/mol. The van der Waals surface area contributed by atoms with Crippen molar-refractivity contribution in [1.82, 2.24) is 15.5 Å². The lowest BCUT2D eigenvalue weighted by atomic mass is 9.48. The van der Waals surface area contributed by atoms with Gasteiger partial charge in [-0.15, -0.1) is 0 Å². The number of fused-ring (bicyclic) bond motifs is 5. The van der Waals surface area contributed by atoms with Gasteiger partial charge in [-0.25, -0.2) is 4.79 Å². The van der Waals surface area contributed by atoms with E-state index in [1.165, 1.54) is 25.7 Å². The van der Waals surface area contributed by atoms with Gasteiger partial charge in [-0.3, -0.25) is 14.5 Å². The molecule has 6 rings (SSSR count). The van der Waals surface area contributed by atoms with E-state index in [0.717, 1.165) is 77.0 Å². The fraction of sp³-hybridized carbons (Fsp3) is 0.844. The van der Waals surface area contributed by atoms with E-state index < -0.39 is 0 Å². The average Bonchev–Trinajstić information content (AvgIpc) is 3.27. The summed E-state index contributed by atoms with van der Waals surface area (Å²) >= 11 is 0. The van der Waals surface area contributed by atoms with Crippen molar-refractivity contribution in [3.05, 3.63) is 12.2 Å². The van der Waals surface area contributed by atoms with Gasteiger partial charge in [0.1, 0.15) is 0 Å². The summed E-state index contributed by atoms with van der Waals surface area (Å²) in [6, 6.07) is 0.405. The summed E-state index contributed by atoms with van der Waals surface area (Å²) < 4.78 is 0. The molecule has 7 atom stereocenters. The molecular weight excluding hydrogens is 474 g/mol. The molecule has 0 aromatic heterocycles. The molecule has 5 saturated carbocycles. The number of nitrogens with zero attached hydrogens (tertiary/aromatic N) is 1. The molecule has 4 amide bonds. The van der Waals surface area contributed by atoms with Crippen LogP contribution < -0.4 is 10.6 Å². The van der Waals surface area contributed by atoms with E-state index in [-0.39, 0.29) is 52.7 Å². The summed E-state index contributed by atoms with van der Waals surface area (Å²) in [5, 5.41) is 6.57. The minimum absolute atomic E-state index is 0.00820. The van der Waals surface area contributed by atoms with Gasteiger partial charge in [0.05, 0.1) is 0 Å². The Balaban J connectivity index is 1.23. The van der Waals surface area contributed by atoms with Crippen molar-refractivity contribution in [3.8, 4) is 0 Å². The maximum absolute atomic E-state index is 14.5. The number of urea groups is 1. The van der Waals surface area contributed by atoms with Crippen LogP contribution in [0.15, 0.2) is 12.2 Å². The number of amides is 4. The predicted molar refractivity (Wildman–Crippen MR) is 148 cm³/mol. The Bertz CT molecular complexity index is 967. The topological polar surface area (TPSA) is 78.5 Å². The van der Waals surface area contributed by atoms with Crippen molar-refractivity contribution < 1.29 is 14.4 Å². The molecule has 210 valence electrons. The molecule has 6 heteroatoms. The second-order valence-corrected chi connectivity index (χ2v) is 14.2. The Hall–Kier alpha value is -1.85. The zero-order chi connectivity index (χ0) is 26.5. The standard InChI is InChI=1S/C32H49N3O3/c1-31-19-17-25-23(13-16-27-32(25,2)20-18-28(36)34-27)24(31)14-15-26(31)29(37)35(22-11-7-4-8-12-22)30(38)33-21-9-5-3-6-10-21/h18,20-27H,3-17,19H2,1-2H3,(H,33,38)(H,34,36)/t23-,24-,25+,26?,27?,31-,32+/m0/s1. The smallest absolute Gasteiger partial charge is 0.324 e. The van der Waals surface area contributed by atoms with Gasteiger partial charge < -0.3 is 10.6 Å². The third-order valence-corrected chi connectivity index (χ3v) is 12.3. The molecule has 0 aromatic rings. The molecule has 2 N–H and O–H groups in total. The lowest BCUT2D eigenvalue weighted by Gasteiger charge is -2.58. The third kappa shape index (κ3) is 4.42. The summed E-state index contributed by atoms with van der Waals surface area (Å²) in [7, 11) is 0. The first-order chi connectivity index (χ1) is 18.3. The highest BCUT2D eigenvalue weighted by Gasteiger charge is 2.61. The molecule has 1 aliphatic heterocycles. The summed E-state index contributed by atoms with van der Waals surface area (Å²) in [4.78, 5) is 42.1. The largest absolute Gasteiger partial charge is 0.349 e. The summed E-state index contributed by atoms with van der Waals surface area (Å²) in [5.74, 6) is 1.78. The maximum Gasteiger partial charge on any atom is 0.324 e. The van der Waals surface area contributed by atoms with Crippen LogP contribution in [0.5, 0.6) is 0 Å². The van der Waals surface area contributed by atoms with Crippen molar-refractivity contribution in [3.63, 3.8) is 0 Å². The van der Waals surface area contributed by atoms with Gasteiger partial charge in [0.15, 0.2) is 0 Å². The van der Waals surface area contributed by atoms with Crippen molar-refractivity contribution >= 4 is 17.8 Å². The van der Waals surface area contributed by atoms with E-state index >= 15 is 0 Å². The zero-order valence-electron chi connectivity index (χ0n) is 23.7. The molecule has 6 aliphatic rings. The SMILES string of the molecule is C[C@]12C=CC(=O)NC1CC[C@@H]1[C@H]2CC[C@]2(C)C(C(=O)N(C(=O)NC3CCCCC3)C3CCCCC3)CC[C@@H]12. The van der Waals surface area contributed by atoms with Gasteiger partial charge >= 0.3 is 6.03 Å². The van der Waals surface area contributed by atoms with E-state index in [2.05, 4.69) is 30.6 Å². The molecule has 2 unspecified atom stereocenters. The Kier molecular flexibility index (Phi) is 7.14. The number of nitrogens with one attached hydrogen (secondary N) is 2. The van der Waals surface area contributed by atoms with Crippen molar-refractivity contribution in [1.29, 1.82) is 0 Å². The highest BCUT2D eigenvalue weighted by molar-refractivity contribution is 5.96. The normalized spacial score (nSPS) is 41.4. The molecule has 5 aliphatic carbocycles. The number of imide groups is 1. The molecule has 38 heavy (non-hydrogen) atoms. The molecule has 0 spiro atoms. The third-order valence-electron chi connectivity index (χ3n) is 12.3. The van der Waals surface area contributed by atoms with E-state index in [1.54, 1.807) is 11.0 Å². The van der Waals surface area contributed by atoms with Crippen LogP contribution in [0.1, 0.15) is 117 Å². The quantitative estimate of drug-likeness (QED) is 0.469. The van der Waals surface area contributed by atoms with Crippen LogP contribution in [0.4, 0.5) is 4.79 Å². The van der Waals surface area contributed by atoms with Crippen LogP contribution >= 0.6 is 0 Å². The average molecular weight is 524 g/mol. The van der Waals surface area contributed by atoms with Crippen LogP contribution in [0.2, 0.25) is 0 Å². The van der Waals surface area contributed by atoms with Crippen molar-refractivity contribution in [2.24, 2.45) is 34.5 Å². The Labute approximate surface area is 229 Å². The molecule has 0 bridgehead atoms. The lowest BCUT2D eigenvalue weighted by molar-refractivity contribution is -0.143. The van der Waals surface area contributed by atoms with Crippen LogP contribution in [0.25, 0.3) is 0 Å². The van der Waals surface area contributed by atoms with E-state index in [1.807, 2.05) is 0 Å². The maximum atomic E-state index is 14.5. The first kappa shape index (κ1) is 26.4. The molecule has 0 aromatic carbocycles.